The number of aromatic nitrogens is 1. The number of hydrogen-bond donors (Lipinski definition) is 0. The third kappa shape index (κ3) is 1.99. The van der Waals surface area contributed by atoms with Crippen LogP contribution in [0.3, 0.4) is 0 Å². The van der Waals surface area contributed by atoms with Crippen LogP contribution < -0.4 is 4.90 Å². The Morgan fingerprint density at radius 3 is 2.45 bits per heavy atom. The van der Waals surface area contributed by atoms with Gasteiger partial charge in [0.1, 0.15) is 0 Å². The summed E-state index contributed by atoms with van der Waals surface area (Å²) in [7, 11) is 0. The van der Waals surface area contributed by atoms with E-state index >= 15 is 0 Å². The van der Waals surface area contributed by atoms with E-state index in [1.807, 2.05) is 17.0 Å². The smallest absolute Gasteiger partial charge is 0.224 e. The number of rotatable bonds is 1. The summed E-state index contributed by atoms with van der Waals surface area (Å²) in [6, 6.07) is 12.7. The normalized spacial score (nSPS) is 21.3. The first-order chi connectivity index (χ1) is 10.8. The highest BCUT2D eigenvalue weighted by Gasteiger charge is 2.38. The van der Waals surface area contributed by atoms with Crippen LogP contribution in [0.5, 0.6) is 0 Å². The Bertz CT molecular complexity index is 697. The van der Waals surface area contributed by atoms with Crippen molar-refractivity contribution in [1.82, 2.24) is 4.57 Å². The number of fused-ring (bicyclic) bond motifs is 3. The lowest BCUT2D eigenvalue weighted by atomic mass is 9.81. The number of anilines is 1. The van der Waals surface area contributed by atoms with Crippen LogP contribution in [0.25, 0.3) is 5.69 Å². The lowest BCUT2D eigenvalue weighted by Crippen LogP contribution is -2.42. The van der Waals surface area contributed by atoms with Crippen molar-refractivity contribution in [3.8, 4) is 5.69 Å². The predicted octanol–water partition coefficient (Wildman–Crippen LogP) is 4.47. The molecule has 0 saturated heterocycles. The van der Waals surface area contributed by atoms with Crippen molar-refractivity contribution >= 4 is 11.6 Å². The van der Waals surface area contributed by atoms with Gasteiger partial charge in [0.25, 0.3) is 0 Å². The molecular formula is C19H22N2O. The molecule has 2 aromatic rings. The number of amides is 1. The van der Waals surface area contributed by atoms with Crippen LogP contribution in [0.15, 0.2) is 42.6 Å². The fourth-order valence-corrected chi connectivity index (χ4v) is 4.28. The molecule has 1 unspecified atom stereocenters. The first-order valence-corrected chi connectivity index (χ1v) is 8.34. The van der Waals surface area contributed by atoms with E-state index < -0.39 is 0 Å². The Morgan fingerprint density at radius 1 is 1.00 bits per heavy atom. The predicted molar refractivity (Wildman–Crippen MR) is 88.2 cm³/mol. The zero-order valence-electron chi connectivity index (χ0n) is 13.0. The Balaban J connectivity index is 1.88. The van der Waals surface area contributed by atoms with Crippen LogP contribution in [0, 0.1) is 5.92 Å². The van der Waals surface area contributed by atoms with Crippen LogP contribution >= 0.6 is 0 Å². The number of para-hydroxylation sites is 2. The van der Waals surface area contributed by atoms with Gasteiger partial charge in [0, 0.05) is 18.8 Å². The minimum absolute atomic E-state index is 0.149. The van der Waals surface area contributed by atoms with Crippen molar-refractivity contribution in [1.29, 1.82) is 0 Å². The molecule has 2 aliphatic rings. The van der Waals surface area contributed by atoms with Crippen molar-refractivity contribution in [2.45, 2.75) is 45.1 Å². The molecule has 4 rings (SSSR count). The van der Waals surface area contributed by atoms with Gasteiger partial charge in [0.2, 0.25) is 5.91 Å². The van der Waals surface area contributed by atoms with Gasteiger partial charge in [0.05, 0.1) is 17.4 Å². The van der Waals surface area contributed by atoms with Crippen LogP contribution in [0.4, 0.5) is 5.69 Å². The standard InChI is InChI=1S/C19H22N2O/c1-14(22)21-17-11-6-5-10-16(17)20-13-7-12-18(20)19(21)15-8-3-2-4-9-15/h5-7,10-13,15,19H,2-4,8-9H2,1H3. The van der Waals surface area contributed by atoms with E-state index in [9.17, 15) is 4.79 Å². The van der Waals surface area contributed by atoms with E-state index in [1.165, 1.54) is 37.8 Å². The summed E-state index contributed by atoms with van der Waals surface area (Å²) < 4.78 is 2.27. The molecule has 0 radical (unpaired) electrons. The first kappa shape index (κ1) is 13.6. The molecule has 0 bridgehead atoms. The third-order valence-corrected chi connectivity index (χ3v) is 5.20. The molecule has 3 nitrogen and oxygen atoms in total. The maximum absolute atomic E-state index is 12.5. The number of carbonyl (C=O) groups is 1. The Morgan fingerprint density at radius 2 is 1.73 bits per heavy atom. The van der Waals surface area contributed by atoms with Gasteiger partial charge in [-0.05, 0) is 43.0 Å². The van der Waals surface area contributed by atoms with Crippen molar-refractivity contribution in [2.24, 2.45) is 5.92 Å². The molecule has 114 valence electrons. The van der Waals surface area contributed by atoms with Crippen LogP contribution in [0.2, 0.25) is 0 Å². The van der Waals surface area contributed by atoms with Gasteiger partial charge in [-0.2, -0.15) is 0 Å². The molecule has 1 aromatic carbocycles. The molecule has 1 aliphatic heterocycles. The maximum Gasteiger partial charge on any atom is 0.224 e. The highest BCUT2D eigenvalue weighted by atomic mass is 16.2. The average molecular weight is 294 g/mol. The Labute approximate surface area is 131 Å². The van der Waals surface area contributed by atoms with E-state index in [0.717, 1.165) is 11.4 Å². The molecule has 2 heterocycles. The molecule has 1 saturated carbocycles. The molecular weight excluding hydrogens is 272 g/mol. The fraction of sp³-hybridized carbons (Fsp3) is 0.421. The monoisotopic (exact) mass is 294 g/mol. The second kappa shape index (κ2) is 5.31. The molecule has 3 heteroatoms. The highest BCUT2D eigenvalue weighted by Crippen LogP contribution is 2.46. The molecule has 0 N–H and O–H groups in total. The van der Waals surface area contributed by atoms with Gasteiger partial charge in [-0.1, -0.05) is 31.4 Å². The van der Waals surface area contributed by atoms with E-state index in [-0.39, 0.29) is 11.9 Å². The minimum atomic E-state index is 0.149. The summed E-state index contributed by atoms with van der Waals surface area (Å²) in [5, 5.41) is 0. The maximum atomic E-state index is 12.5. The average Bonchev–Trinajstić information content (AvgIpc) is 3.03. The quantitative estimate of drug-likeness (QED) is 0.762. The van der Waals surface area contributed by atoms with E-state index in [4.69, 9.17) is 0 Å². The van der Waals surface area contributed by atoms with Gasteiger partial charge < -0.3 is 9.47 Å². The molecule has 1 amide bonds. The summed E-state index contributed by atoms with van der Waals surface area (Å²) >= 11 is 0. The van der Waals surface area contributed by atoms with Crippen LogP contribution in [-0.2, 0) is 4.79 Å². The second-order valence-electron chi connectivity index (χ2n) is 6.52. The summed E-state index contributed by atoms with van der Waals surface area (Å²) in [5.74, 6) is 0.718. The van der Waals surface area contributed by atoms with E-state index in [1.54, 1.807) is 6.92 Å². The molecule has 1 fully saturated rings. The topological polar surface area (TPSA) is 25.2 Å². The first-order valence-electron chi connectivity index (χ1n) is 8.34. The highest BCUT2D eigenvalue weighted by molar-refractivity contribution is 5.95. The van der Waals surface area contributed by atoms with E-state index in [2.05, 4.69) is 35.0 Å². The van der Waals surface area contributed by atoms with Crippen LogP contribution in [0.1, 0.15) is 50.8 Å². The summed E-state index contributed by atoms with van der Waals surface area (Å²) in [6.45, 7) is 1.70. The number of hydrogen-bond acceptors (Lipinski definition) is 1. The lowest BCUT2D eigenvalue weighted by molar-refractivity contribution is -0.117. The number of carbonyl (C=O) groups excluding carboxylic acids is 1. The largest absolute Gasteiger partial charge is 0.317 e. The van der Waals surface area contributed by atoms with Crippen molar-refractivity contribution in [2.75, 3.05) is 4.90 Å². The molecule has 1 atom stereocenters. The van der Waals surface area contributed by atoms with Crippen LogP contribution in [-0.4, -0.2) is 10.5 Å². The molecule has 22 heavy (non-hydrogen) atoms. The van der Waals surface area contributed by atoms with Gasteiger partial charge in [-0.25, -0.2) is 0 Å². The third-order valence-electron chi connectivity index (χ3n) is 5.20. The summed E-state index contributed by atoms with van der Waals surface area (Å²) in [6.07, 6.45) is 8.48. The van der Waals surface area contributed by atoms with Gasteiger partial charge in [-0.3, -0.25) is 4.79 Å². The molecule has 1 aromatic heterocycles. The van der Waals surface area contributed by atoms with Gasteiger partial charge >= 0.3 is 0 Å². The van der Waals surface area contributed by atoms with Crippen molar-refractivity contribution in [3.05, 3.63) is 48.3 Å². The van der Waals surface area contributed by atoms with Gasteiger partial charge in [0.15, 0.2) is 0 Å². The minimum Gasteiger partial charge on any atom is -0.317 e. The molecule has 1 aliphatic carbocycles. The number of nitrogens with zero attached hydrogens (tertiary/aromatic N) is 2. The summed E-state index contributed by atoms with van der Waals surface area (Å²) in [5.41, 5.74) is 3.43. The lowest BCUT2D eigenvalue weighted by Gasteiger charge is -2.43. The SMILES string of the molecule is CC(=O)N1c2ccccc2-n2cccc2C1C1CCCCC1. The zero-order chi connectivity index (χ0) is 15.1. The van der Waals surface area contributed by atoms with E-state index in [0.29, 0.717) is 5.92 Å². The van der Waals surface area contributed by atoms with Crippen molar-refractivity contribution in [3.63, 3.8) is 0 Å². The zero-order valence-corrected chi connectivity index (χ0v) is 13.0. The van der Waals surface area contributed by atoms with Gasteiger partial charge in [-0.15, -0.1) is 0 Å². The van der Waals surface area contributed by atoms with Crippen molar-refractivity contribution < 1.29 is 4.79 Å². The summed E-state index contributed by atoms with van der Waals surface area (Å²) in [4.78, 5) is 14.5. The molecule has 0 spiro atoms. The Kier molecular flexibility index (Phi) is 3.29. The Hall–Kier alpha value is -2.03. The fourth-order valence-electron chi connectivity index (χ4n) is 4.28. The number of benzene rings is 1. The second-order valence-corrected chi connectivity index (χ2v) is 6.52.